The van der Waals surface area contributed by atoms with E-state index in [1.54, 1.807) is 19.1 Å². The Labute approximate surface area is 176 Å². The zero-order chi connectivity index (χ0) is 21.0. The minimum Gasteiger partial charge on any atom is -0.505 e. The second-order valence-corrected chi connectivity index (χ2v) is 9.16. The number of nitrogens with zero attached hydrogens (tertiary/aromatic N) is 1. The van der Waals surface area contributed by atoms with Crippen LogP contribution in [0.4, 0.5) is 0 Å². The number of methoxy groups -OCH3 is 1. The van der Waals surface area contributed by atoms with Crippen LogP contribution in [0.25, 0.3) is 32.0 Å². The number of aromatic hydroxyl groups is 1. The molecular formula is C18H14ClN3O5S2. The summed E-state index contributed by atoms with van der Waals surface area (Å²) in [5.41, 5.74) is 0.0468. The van der Waals surface area contributed by atoms with Gasteiger partial charge in [-0.1, -0.05) is 11.6 Å². The molecule has 8 nitrogen and oxygen atoms in total. The molecule has 29 heavy (non-hydrogen) atoms. The number of carbonyl (C=O) groups is 1. The smallest absolute Gasteiger partial charge is 0.342 e. The fourth-order valence-electron chi connectivity index (χ4n) is 3.21. The first kappa shape index (κ1) is 19.5. The van der Waals surface area contributed by atoms with Crippen LogP contribution in [0.2, 0.25) is 4.34 Å². The lowest BCUT2D eigenvalue weighted by atomic mass is 10.1. The van der Waals surface area contributed by atoms with Gasteiger partial charge in [0.05, 0.1) is 32.3 Å². The molecule has 0 aliphatic rings. The lowest BCUT2D eigenvalue weighted by Gasteiger charge is -2.03. The molecule has 0 fully saturated rings. The number of rotatable bonds is 3. The number of halogens is 1. The Hall–Kier alpha value is -2.82. The molecule has 0 atom stereocenters. The van der Waals surface area contributed by atoms with Gasteiger partial charge >= 0.3 is 11.7 Å². The highest BCUT2D eigenvalue weighted by Crippen LogP contribution is 2.48. The number of aromatic amines is 2. The van der Waals surface area contributed by atoms with Crippen LogP contribution >= 0.6 is 34.3 Å². The molecule has 4 heterocycles. The summed E-state index contributed by atoms with van der Waals surface area (Å²) in [6, 6.07) is 3.48. The van der Waals surface area contributed by atoms with Crippen molar-refractivity contribution in [1.82, 2.24) is 14.5 Å². The maximum absolute atomic E-state index is 12.7. The van der Waals surface area contributed by atoms with Gasteiger partial charge in [0.1, 0.15) is 17.0 Å². The van der Waals surface area contributed by atoms with Gasteiger partial charge in [-0.3, -0.25) is 14.3 Å². The van der Waals surface area contributed by atoms with Gasteiger partial charge in [-0.15, -0.1) is 22.7 Å². The maximum atomic E-state index is 12.7. The summed E-state index contributed by atoms with van der Waals surface area (Å²) >= 11 is 8.52. The number of ether oxygens (including phenoxy) is 1. The van der Waals surface area contributed by atoms with E-state index in [4.69, 9.17) is 16.3 Å². The van der Waals surface area contributed by atoms with Crippen LogP contribution in [0, 0.1) is 6.92 Å². The molecular weight excluding hydrogens is 438 g/mol. The van der Waals surface area contributed by atoms with Crippen molar-refractivity contribution in [2.75, 3.05) is 7.11 Å². The number of thiophene rings is 2. The van der Waals surface area contributed by atoms with E-state index in [9.17, 15) is 19.5 Å². The topological polar surface area (TPSA) is 117 Å². The molecule has 0 unspecified atom stereocenters. The molecule has 0 bridgehead atoms. The van der Waals surface area contributed by atoms with Crippen LogP contribution in [0.1, 0.15) is 15.2 Å². The van der Waals surface area contributed by atoms with E-state index in [2.05, 4.69) is 9.97 Å². The lowest BCUT2D eigenvalue weighted by Crippen LogP contribution is -2.28. The first-order chi connectivity index (χ1) is 13.7. The summed E-state index contributed by atoms with van der Waals surface area (Å²) < 4.78 is 6.58. The van der Waals surface area contributed by atoms with Crippen molar-refractivity contribution in [3.05, 3.63) is 47.7 Å². The average Bonchev–Trinajstić information content (AvgIpc) is 3.34. The summed E-state index contributed by atoms with van der Waals surface area (Å²) in [5, 5.41) is 11.0. The Balaban J connectivity index is 2.17. The van der Waals surface area contributed by atoms with E-state index in [1.165, 1.54) is 30.1 Å². The van der Waals surface area contributed by atoms with E-state index in [0.29, 0.717) is 35.9 Å². The molecule has 0 saturated heterocycles. The summed E-state index contributed by atoms with van der Waals surface area (Å²) in [5.74, 6) is -0.957. The highest BCUT2D eigenvalue weighted by molar-refractivity contribution is 7.19. The highest BCUT2D eigenvalue weighted by atomic mass is 35.5. The molecule has 4 aromatic heterocycles. The molecule has 11 heteroatoms. The number of aromatic nitrogens is 3. The van der Waals surface area contributed by atoms with Crippen molar-refractivity contribution >= 4 is 51.3 Å². The third kappa shape index (κ3) is 2.91. The van der Waals surface area contributed by atoms with E-state index in [-0.39, 0.29) is 16.7 Å². The summed E-state index contributed by atoms with van der Waals surface area (Å²) in [6.07, 6.45) is 0. The SMILES string of the molecule is COC(=O)c1c(C)sc(-c2c(-c3ccc(Cl)s3)[nH]c3c2c(=O)[nH]c(=O)n3C)c1O. The van der Waals surface area contributed by atoms with Crippen LogP contribution in [-0.2, 0) is 11.8 Å². The molecule has 0 aliphatic carbocycles. The van der Waals surface area contributed by atoms with Crippen molar-refractivity contribution in [2.24, 2.45) is 7.05 Å². The van der Waals surface area contributed by atoms with E-state index in [1.807, 2.05) is 0 Å². The Morgan fingerprint density at radius 2 is 1.97 bits per heavy atom. The average molecular weight is 452 g/mol. The van der Waals surface area contributed by atoms with Crippen LogP contribution in [0.3, 0.4) is 0 Å². The predicted molar refractivity (Wildman–Crippen MR) is 114 cm³/mol. The maximum Gasteiger partial charge on any atom is 0.342 e. The van der Waals surface area contributed by atoms with Gasteiger partial charge < -0.3 is 14.8 Å². The molecule has 0 aliphatic heterocycles. The van der Waals surface area contributed by atoms with E-state index in [0.717, 1.165) is 11.3 Å². The van der Waals surface area contributed by atoms with Gasteiger partial charge in [0, 0.05) is 17.5 Å². The highest BCUT2D eigenvalue weighted by Gasteiger charge is 2.29. The number of fused-ring (bicyclic) bond motifs is 1. The zero-order valence-electron chi connectivity index (χ0n) is 15.4. The zero-order valence-corrected chi connectivity index (χ0v) is 17.8. The van der Waals surface area contributed by atoms with Crippen LogP contribution < -0.4 is 11.2 Å². The van der Waals surface area contributed by atoms with E-state index >= 15 is 0 Å². The Morgan fingerprint density at radius 1 is 1.24 bits per heavy atom. The number of hydrogen-bond donors (Lipinski definition) is 3. The van der Waals surface area contributed by atoms with Gasteiger partial charge in [0.2, 0.25) is 0 Å². The normalized spacial score (nSPS) is 11.3. The molecule has 0 saturated carbocycles. The number of esters is 1. The Kier molecular flexibility index (Phi) is 4.64. The monoisotopic (exact) mass is 451 g/mol. The minimum absolute atomic E-state index is 0.0401. The van der Waals surface area contributed by atoms with Crippen molar-refractivity contribution < 1.29 is 14.6 Å². The number of carbonyl (C=O) groups excluding carboxylic acids is 1. The molecule has 0 radical (unpaired) electrons. The second-order valence-electron chi connectivity index (χ2n) is 6.22. The lowest BCUT2D eigenvalue weighted by molar-refractivity contribution is 0.0597. The molecule has 3 N–H and O–H groups in total. The van der Waals surface area contributed by atoms with Crippen molar-refractivity contribution in [3.8, 4) is 26.8 Å². The third-order valence-electron chi connectivity index (χ3n) is 4.56. The predicted octanol–water partition coefficient (Wildman–Crippen LogP) is 3.47. The van der Waals surface area contributed by atoms with Crippen LogP contribution in [-0.4, -0.2) is 32.7 Å². The fourth-order valence-corrected chi connectivity index (χ4v) is 5.35. The summed E-state index contributed by atoms with van der Waals surface area (Å²) in [6.45, 7) is 1.68. The van der Waals surface area contributed by atoms with Gasteiger partial charge in [0.15, 0.2) is 0 Å². The van der Waals surface area contributed by atoms with Crippen molar-refractivity contribution in [1.29, 1.82) is 0 Å². The molecule has 0 aromatic carbocycles. The van der Waals surface area contributed by atoms with Crippen molar-refractivity contribution in [2.45, 2.75) is 6.92 Å². The molecule has 150 valence electrons. The molecule has 4 aromatic rings. The number of hydrogen-bond acceptors (Lipinski definition) is 7. The molecule has 0 spiro atoms. The quantitative estimate of drug-likeness (QED) is 0.412. The van der Waals surface area contributed by atoms with Gasteiger partial charge in [0.25, 0.3) is 5.56 Å². The molecule has 0 amide bonds. The first-order valence-electron chi connectivity index (χ1n) is 8.26. The van der Waals surface area contributed by atoms with E-state index < -0.39 is 17.2 Å². The summed E-state index contributed by atoms with van der Waals surface area (Å²) in [7, 11) is 2.75. The van der Waals surface area contributed by atoms with Crippen LogP contribution in [0.15, 0.2) is 21.7 Å². The Morgan fingerprint density at radius 3 is 2.59 bits per heavy atom. The molecule has 4 rings (SSSR count). The van der Waals surface area contributed by atoms with Gasteiger partial charge in [-0.25, -0.2) is 9.59 Å². The number of aryl methyl sites for hydroxylation is 2. The Bertz CT molecular complexity index is 1410. The van der Waals surface area contributed by atoms with Gasteiger partial charge in [-0.2, -0.15) is 0 Å². The second kappa shape index (κ2) is 6.90. The number of nitrogens with one attached hydrogen (secondary N) is 2. The van der Waals surface area contributed by atoms with Gasteiger partial charge in [-0.05, 0) is 19.1 Å². The summed E-state index contributed by atoms with van der Waals surface area (Å²) in [4.78, 5) is 43.8. The number of H-pyrrole nitrogens is 2. The third-order valence-corrected chi connectivity index (χ3v) is 6.92. The van der Waals surface area contributed by atoms with Crippen molar-refractivity contribution in [3.63, 3.8) is 0 Å². The standard InChI is InChI=1S/C18H14ClN3O5S2/c1-6-9(17(25)27-3)13(23)14(28-6)10-11-15(22(2)18(26)21-16(11)24)20-12(10)7-4-5-8(19)29-7/h4-5,20,23H,1-3H3,(H,21,24,26). The first-order valence-corrected chi connectivity index (χ1v) is 10.3. The largest absolute Gasteiger partial charge is 0.505 e. The fraction of sp³-hybridized carbons (Fsp3) is 0.167. The minimum atomic E-state index is -0.677. The van der Waals surface area contributed by atoms with Crippen LogP contribution in [0.5, 0.6) is 5.75 Å².